The van der Waals surface area contributed by atoms with Crippen LogP contribution in [0.3, 0.4) is 0 Å². The van der Waals surface area contributed by atoms with E-state index in [1.54, 1.807) is 0 Å². The fraction of sp³-hybridized carbons (Fsp3) is 0.467. The Hall–Kier alpha value is -1.77. The first-order valence-electron chi connectivity index (χ1n) is 7.52. The van der Waals surface area contributed by atoms with Gasteiger partial charge in [-0.25, -0.2) is 4.39 Å². The van der Waals surface area contributed by atoms with Crippen LogP contribution in [0, 0.1) is 10.6 Å². The number of hydrogen-bond donors (Lipinski definition) is 3. The highest BCUT2D eigenvalue weighted by Crippen LogP contribution is 2.17. The zero-order valence-electron chi connectivity index (χ0n) is 12.5. The molecule has 0 aliphatic carbocycles. The first-order chi connectivity index (χ1) is 11.1. The Morgan fingerprint density at radius 2 is 2.35 bits per heavy atom. The summed E-state index contributed by atoms with van der Waals surface area (Å²) in [6, 6.07) is 2.50. The van der Waals surface area contributed by atoms with E-state index in [4.69, 9.17) is 21.7 Å². The lowest BCUT2D eigenvalue weighted by molar-refractivity contribution is 0.0415. The molecular weight excluding hydrogens is 321 g/mol. The van der Waals surface area contributed by atoms with Crippen LogP contribution in [0.1, 0.15) is 23.2 Å². The quantitative estimate of drug-likeness (QED) is 0.557. The molecule has 3 rings (SSSR count). The van der Waals surface area contributed by atoms with Crippen molar-refractivity contribution >= 4 is 29.2 Å². The van der Waals surface area contributed by atoms with Crippen LogP contribution in [0.5, 0.6) is 0 Å². The summed E-state index contributed by atoms with van der Waals surface area (Å²) in [5.74, 6) is -0.832. The number of halogens is 1. The van der Waals surface area contributed by atoms with Crippen molar-refractivity contribution in [3.8, 4) is 0 Å². The summed E-state index contributed by atoms with van der Waals surface area (Å²) in [5.41, 5.74) is 1.22. The number of fused-ring (bicyclic) bond motifs is 1. The summed E-state index contributed by atoms with van der Waals surface area (Å²) in [6.45, 7) is 2.39. The number of imidazole rings is 1. The van der Waals surface area contributed by atoms with Crippen LogP contribution in [0.4, 0.5) is 4.39 Å². The van der Waals surface area contributed by atoms with Crippen LogP contribution in [0.25, 0.3) is 11.0 Å². The summed E-state index contributed by atoms with van der Waals surface area (Å²) in [5, 5.41) is 2.77. The molecule has 0 saturated carbocycles. The molecule has 1 aromatic carbocycles. The molecule has 8 heteroatoms. The van der Waals surface area contributed by atoms with Gasteiger partial charge in [0.25, 0.3) is 5.91 Å². The van der Waals surface area contributed by atoms with E-state index < -0.39 is 5.82 Å². The van der Waals surface area contributed by atoms with Gasteiger partial charge >= 0.3 is 0 Å². The number of aromatic nitrogens is 2. The first-order valence-corrected chi connectivity index (χ1v) is 7.93. The lowest BCUT2D eigenvalue weighted by Gasteiger charge is -2.10. The Balaban J connectivity index is 1.54. The monoisotopic (exact) mass is 339 g/mol. The summed E-state index contributed by atoms with van der Waals surface area (Å²) >= 11 is 4.98. The molecule has 0 radical (unpaired) electrons. The molecule has 2 aromatic rings. The van der Waals surface area contributed by atoms with Crippen molar-refractivity contribution in [1.82, 2.24) is 15.3 Å². The predicted octanol–water partition coefficient (Wildman–Crippen LogP) is 2.29. The number of amides is 1. The maximum atomic E-state index is 13.6. The van der Waals surface area contributed by atoms with Crippen LogP contribution in [-0.2, 0) is 9.47 Å². The van der Waals surface area contributed by atoms with E-state index in [-0.39, 0.29) is 17.6 Å². The number of H-pyrrole nitrogens is 2. The van der Waals surface area contributed by atoms with E-state index in [0.29, 0.717) is 42.0 Å². The van der Waals surface area contributed by atoms with Crippen molar-refractivity contribution in [3.05, 3.63) is 28.3 Å². The summed E-state index contributed by atoms with van der Waals surface area (Å²) in [7, 11) is 0. The van der Waals surface area contributed by atoms with Crippen LogP contribution in [0.2, 0.25) is 0 Å². The van der Waals surface area contributed by atoms with Crippen LogP contribution in [0.15, 0.2) is 12.1 Å². The molecule has 1 atom stereocenters. The molecule has 0 bridgehead atoms. The van der Waals surface area contributed by atoms with Crippen LogP contribution in [-0.4, -0.2) is 48.3 Å². The minimum Gasteiger partial charge on any atom is -0.379 e. The topological polar surface area (TPSA) is 79.1 Å². The minimum atomic E-state index is -0.488. The molecule has 6 nitrogen and oxygen atoms in total. The van der Waals surface area contributed by atoms with Crippen molar-refractivity contribution in [2.45, 2.75) is 18.9 Å². The number of hydrogen-bond acceptors (Lipinski definition) is 4. The smallest absolute Gasteiger partial charge is 0.253 e. The second-order valence-corrected chi connectivity index (χ2v) is 5.83. The average Bonchev–Trinajstić information content (AvgIpc) is 3.14. The molecule has 1 aliphatic heterocycles. The van der Waals surface area contributed by atoms with Gasteiger partial charge in [0.15, 0.2) is 4.77 Å². The Bertz CT molecular complexity index is 752. The van der Waals surface area contributed by atoms with Gasteiger partial charge in [-0.3, -0.25) is 4.79 Å². The van der Waals surface area contributed by atoms with Gasteiger partial charge in [0, 0.05) is 19.8 Å². The molecule has 1 aliphatic rings. The highest BCUT2D eigenvalue weighted by atomic mass is 32.1. The lowest BCUT2D eigenvalue weighted by Crippen LogP contribution is -2.26. The Labute approximate surface area is 137 Å². The first kappa shape index (κ1) is 16.1. The van der Waals surface area contributed by atoms with Gasteiger partial charge in [-0.15, -0.1) is 0 Å². The van der Waals surface area contributed by atoms with E-state index in [1.165, 1.54) is 12.1 Å². The molecule has 0 unspecified atom stereocenters. The predicted molar refractivity (Wildman–Crippen MR) is 85.6 cm³/mol. The second-order valence-electron chi connectivity index (χ2n) is 5.42. The van der Waals surface area contributed by atoms with Crippen molar-refractivity contribution in [3.63, 3.8) is 0 Å². The molecule has 3 N–H and O–H groups in total. The number of carbonyl (C=O) groups is 1. The standard InChI is InChI=1S/C15H18FN3O3S/c16-9-6-11(13-12(7-9)18-15(23)19-13)14(20)17-3-1-4-22-10-2-5-21-8-10/h6-7,10H,1-5,8H2,(H,17,20)(H2,18,19,23)/t10-/m1/s1. The Kier molecular flexibility index (Phi) is 5.04. The fourth-order valence-electron chi connectivity index (χ4n) is 2.55. The van der Waals surface area contributed by atoms with Crippen molar-refractivity contribution in [2.24, 2.45) is 0 Å². The molecule has 23 heavy (non-hydrogen) atoms. The summed E-state index contributed by atoms with van der Waals surface area (Å²) in [6.07, 6.45) is 1.76. The number of carbonyl (C=O) groups excluding carboxylic acids is 1. The van der Waals surface area contributed by atoms with Gasteiger partial charge in [-0.2, -0.15) is 0 Å². The molecule has 1 fully saturated rings. The fourth-order valence-corrected chi connectivity index (χ4v) is 2.76. The molecule has 124 valence electrons. The molecule has 1 saturated heterocycles. The van der Waals surface area contributed by atoms with Gasteiger partial charge in [-0.05, 0) is 37.2 Å². The molecule has 2 heterocycles. The van der Waals surface area contributed by atoms with E-state index in [9.17, 15) is 9.18 Å². The number of rotatable bonds is 6. The van der Waals surface area contributed by atoms with Gasteiger partial charge in [0.2, 0.25) is 0 Å². The Morgan fingerprint density at radius 3 is 3.13 bits per heavy atom. The highest BCUT2D eigenvalue weighted by Gasteiger charge is 2.16. The molecular formula is C15H18FN3O3S. The molecule has 0 spiro atoms. The van der Waals surface area contributed by atoms with Crippen molar-refractivity contribution in [2.75, 3.05) is 26.4 Å². The lowest BCUT2D eigenvalue weighted by atomic mass is 10.1. The summed E-state index contributed by atoms with van der Waals surface area (Å²) < 4.78 is 24.8. The second kappa shape index (κ2) is 7.20. The molecule has 1 amide bonds. The SMILES string of the molecule is O=C(NCCCO[C@@H]1CCOC1)c1cc(F)cc2[nH]c(=S)[nH]c12. The van der Waals surface area contributed by atoms with Crippen LogP contribution >= 0.6 is 12.2 Å². The van der Waals surface area contributed by atoms with E-state index in [0.717, 1.165) is 13.0 Å². The normalized spacial score (nSPS) is 17.7. The van der Waals surface area contributed by atoms with Crippen molar-refractivity contribution < 1.29 is 18.7 Å². The minimum absolute atomic E-state index is 0.161. The maximum Gasteiger partial charge on any atom is 0.253 e. The molecule has 1 aromatic heterocycles. The third-order valence-corrected chi connectivity index (χ3v) is 3.89. The zero-order chi connectivity index (χ0) is 16.2. The van der Waals surface area contributed by atoms with Gasteiger partial charge in [0.05, 0.1) is 29.3 Å². The van der Waals surface area contributed by atoms with Crippen LogP contribution < -0.4 is 5.32 Å². The summed E-state index contributed by atoms with van der Waals surface area (Å²) in [4.78, 5) is 17.9. The Morgan fingerprint density at radius 1 is 1.48 bits per heavy atom. The van der Waals surface area contributed by atoms with E-state index in [2.05, 4.69) is 15.3 Å². The van der Waals surface area contributed by atoms with Crippen molar-refractivity contribution in [1.29, 1.82) is 0 Å². The highest BCUT2D eigenvalue weighted by molar-refractivity contribution is 7.71. The number of aromatic amines is 2. The number of ether oxygens (including phenoxy) is 2. The maximum absolute atomic E-state index is 13.6. The van der Waals surface area contributed by atoms with E-state index in [1.807, 2.05) is 0 Å². The third-order valence-electron chi connectivity index (χ3n) is 3.68. The average molecular weight is 339 g/mol. The van der Waals surface area contributed by atoms with E-state index >= 15 is 0 Å². The number of benzene rings is 1. The number of nitrogens with one attached hydrogen (secondary N) is 3. The zero-order valence-corrected chi connectivity index (χ0v) is 13.3. The third kappa shape index (κ3) is 3.95. The van der Waals surface area contributed by atoms with Gasteiger partial charge < -0.3 is 24.8 Å². The van der Waals surface area contributed by atoms with Gasteiger partial charge in [-0.1, -0.05) is 0 Å². The largest absolute Gasteiger partial charge is 0.379 e. The van der Waals surface area contributed by atoms with Gasteiger partial charge in [0.1, 0.15) is 5.82 Å².